The minimum Gasteiger partial charge on any atom is -0.486 e. The Bertz CT molecular complexity index is 675. The van der Waals surface area contributed by atoms with Crippen molar-refractivity contribution in [3.8, 4) is 5.75 Å². The Balaban J connectivity index is 1.36. The molecule has 0 aliphatic carbocycles. The van der Waals surface area contributed by atoms with Crippen LogP contribution in [0.1, 0.15) is 25.0 Å². The van der Waals surface area contributed by atoms with Crippen LogP contribution in [-0.2, 0) is 18.3 Å². The van der Waals surface area contributed by atoms with E-state index in [0.29, 0.717) is 6.61 Å². The zero-order chi connectivity index (χ0) is 16.4. The van der Waals surface area contributed by atoms with Crippen molar-refractivity contribution >= 4 is 0 Å². The van der Waals surface area contributed by atoms with Crippen molar-refractivity contribution in [3.05, 3.63) is 42.5 Å². The van der Waals surface area contributed by atoms with Gasteiger partial charge in [-0.15, -0.1) is 0 Å². The van der Waals surface area contributed by atoms with Gasteiger partial charge in [0.25, 0.3) is 0 Å². The minimum atomic E-state index is -0.0695. The van der Waals surface area contributed by atoms with Crippen molar-refractivity contribution in [3.63, 3.8) is 0 Å². The van der Waals surface area contributed by atoms with Crippen molar-refractivity contribution in [2.75, 3.05) is 19.7 Å². The summed E-state index contributed by atoms with van der Waals surface area (Å²) in [6.45, 7) is 3.61. The van der Waals surface area contributed by atoms with Crippen LogP contribution in [0.3, 0.4) is 0 Å². The third-order valence-electron chi connectivity index (χ3n) is 4.89. The molecular formula is C18H24N4O2. The molecule has 0 aromatic carbocycles. The maximum atomic E-state index is 6.23. The highest BCUT2D eigenvalue weighted by atomic mass is 16.6. The average Bonchev–Trinajstić information content (AvgIpc) is 3.15. The molecule has 6 heteroatoms. The molecular weight excluding hydrogens is 304 g/mol. The van der Waals surface area contributed by atoms with Crippen molar-refractivity contribution in [2.45, 2.75) is 37.5 Å². The fourth-order valence-electron chi connectivity index (χ4n) is 3.87. The minimum absolute atomic E-state index is 0.0695. The van der Waals surface area contributed by atoms with Crippen LogP contribution in [0.15, 0.2) is 36.8 Å². The summed E-state index contributed by atoms with van der Waals surface area (Å²) in [6, 6.07) is 5.94. The summed E-state index contributed by atoms with van der Waals surface area (Å²) in [7, 11) is 1.96. The first-order valence-corrected chi connectivity index (χ1v) is 8.62. The van der Waals surface area contributed by atoms with Gasteiger partial charge in [0, 0.05) is 39.0 Å². The Morgan fingerprint density at radius 1 is 1.42 bits per heavy atom. The highest BCUT2D eigenvalue weighted by Gasteiger charge is 2.44. The molecule has 2 aliphatic rings. The SMILES string of the molecule is Cn1ccc(CN2CCC[C@]3(C[C@@H](Oc4cccnc4)CO3)C2)n1. The number of piperidine rings is 1. The van der Waals surface area contributed by atoms with Crippen molar-refractivity contribution in [1.82, 2.24) is 19.7 Å². The van der Waals surface area contributed by atoms with Crippen LogP contribution in [0.25, 0.3) is 0 Å². The van der Waals surface area contributed by atoms with E-state index >= 15 is 0 Å². The highest BCUT2D eigenvalue weighted by Crippen LogP contribution is 2.36. The van der Waals surface area contributed by atoms with E-state index in [1.54, 1.807) is 12.4 Å². The van der Waals surface area contributed by atoms with Gasteiger partial charge in [0.2, 0.25) is 0 Å². The van der Waals surface area contributed by atoms with Gasteiger partial charge in [0.05, 0.1) is 24.1 Å². The van der Waals surface area contributed by atoms with E-state index in [1.165, 1.54) is 0 Å². The summed E-state index contributed by atoms with van der Waals surface area (Å²) >= 11 is 0. The van der Waals surface area contributed by atoms with Crippen LogP contribution >= 0.6 is 0 Å². The van der Waals surface area contributed by atoms with E-state index in [4.69, 9.17) is 9.47 Å². The van der Waals surface area contributed by atoms with E-state index in [9.17, 15) is 0 Å². The predicted octanol–water partition coefficient (Wildman–Crippen LogP) is 2.02. The van der Waals surface area contributed by atoms with Gasteiger partial charge in [-0.2, -0.15) is 5.10 Å². The number of likely N-dealkylation sites (tertiary alicyclic amines) is 1. The molecule has 0 radical (unpaired) electrons. The maximum Gasteiger partial charge on any atom is 0.138 e. The van der Waals surface area contributed by atoms with E-state index in [2.05, 4.69) is 21.0 Å². The second kappa shape index (κ2) is 6.53. The number of aryl methyl sites for hydroxylation is 1. The molecule has 0 unspecified atom stereocenters. The molecule has 4 rings (SSSR count). The molecule has 2 aromatic rings. The number of rotatable bonds is 4. The Morgan fingerprint density at radius 2 is 2.38 bits per heavy atom. The van der Waals surface area contributed by atoms with Crippen LogP contribution in [0.4, 0.5) is 0 Å². The summed E-state index contributed by atoms with van der Waals surface area (Å²) in [6.07, 6.45) is 8.85. The van der Waals surface area contributed by atoms with Crippen molar-refractivity contribution in [1.29, 1.82) is 0 Å². The van der Waals surface area contributed by atoms with Crippen LogP contribution in [0.5, 0.6) is 5.75 Å². The smallest absolute Gasteiger partial charge is 0.138 e. The van der Waals surface area contributed by atoms with Crippen molar-refractivity contribution < 1.29 is 9.47 Å². The lowest BCUT2D eigenvalue weighted by Crippen LogP contribution is -2.47. The zero-order valence-electron chi connectivity index (χ0n) is 14.1. The molecule has 128 valence electrons. The molecule has 0 amide bonds. The first-order valence-electron chi connectivity index (χ1n) is 8.62. The van der Waals surface area contributed by atoms with Crippen LogP contribution in [0.2, 0.25) is 0 Å². The summed E-state index contributed by atoms with van der Waals surface area (Å²) in [5.41, 5.74) is 1.05. The van der Waals surface area contributed by atoms with Gasteiger partial charge < -0.3 is 9.47 Å². The summed E-state index contributed by atoms with van der Waals surface area (Å²) < 4.78 is 14.1. The van der Waals surface area contributed by atoms with Crippen LogP contribution in [0, 0.1) is 0 Å². The van der Waals surface area contributed by atoms with Crippen LogP contribution in [-0.4, -0.2) is 51.1 Å². The van der Waals surface area contributed by atoms with Gasteiger partial charge in [-0.05, 0) is 37.6 Å². The Kier molecular flexibility index (Phi) is 4.24. The quantitative estimate of drug-likeness (QED) is 0.859. The van der Waals surface area contributed by atoms with Gasteiger partial charge in [-0.3, -0.25) is 14.6 Å². The predicted molar refractivity (Wildman–Crippen MR) is 89.7 cm³/mol. The van der Waals surface area contributed by atoms with Crippen LogP contribution < -0.4 is 4.74 Å². The molecule has 0 N–H and O–H groups in total. The molecule has 2 saturated heterocycles. The molecule has 0 saturated carbocycles. The third kappa shape index (κ3) is 3.44. The number of hydrogen-bond acceptors (Lipinski definition) is 5. The largest absolute Gasteiger partial charge is 0.486 e. The van der Waals surface area contributed by atoms with Gasteiger partial charge in [-0.1, -0.05) is 0 Å². The number of pyridine rings is 1. The summed E-state index contributed by atoms with van der Waals surface area (Å²) in [4.78, 5) is 6.57. The molecule has 1 spiro atoms. The standard InChI is InChI=1S/C18H24N4O2/c1-21-9-5-15(20-21)12-22-8-3-6-18(14-22)10-17(13-23-18)24-16-4-2-7-19-11-16/h2,4-5,7,9,11,17H,3,6,8,10,12-14H2,1H3/t17-,18+/m1/s1. The van der Waals surface area contributed by atoms with E-state index < -0.39 is 0 Å². The molecule has 2 atom stereocenters. The topological polar surface area (TPSA) is 52.4 Å². The molecule has 2 aliphatic heterocycles. The van der Waals surface area contributed by atoms with E-state index in [0.717, 1.165) is 50.3 Å². The highest BCUT2D eigenvalue weighted by molar-refractivity contribution is 5.16. The van der Waals surface area contributed by atoms with Gasteiger partial charge in [0.1, 0.15) is 11.9 Å². The Labute approximate surface area is 142 Å². The van der Waals surface area contributed by atoms with Gasteiger partial charge in [0.15, 0.2) is 0 Å². The normalized spacial score (nSPS) is 27.6. The first-order chi connectivity index (χ1) is 11.7. The van der Waals surface area contributed by atoms with E-state index in [-0.39, 0.29) is 11.7 Å². The molecule has 6 nitrogen and oxygen atoms in total. The molecule has 2 aromatic heterocycles. The monoisotopic (exact) mass is 328 g/mol. The Morgan fingerprint density at radius 3 is 3.17 bits per heavy atom. The molecule has 24 heavy (non-hydrogen) atoms. The second-order valence-electron chi connectivity index (χ2n) is 6.92. The summed E-state index contributed by atoms with van der Waals surface area (Å²) in [5, 5.41) is 4.49. The fourth-order valence-corrected chi connectivity index (χ4v) is 3.87. The number of nitrogens with zero attached hydrogens (tertiary/aromatic N) is 4. The Hall–Kier alpha value is -1.92. The molecule has 0 bridgehead atoms. The molecule has 2 fully saturated rings. The number of ether oxygens (including phenoxy) is 2. The first kappa shape index (κ1) is 15.6. The number of hydrogen-bond donors (Lipinski definition) is 0. The van der Waals surface area contributed by atoms with Gasteiger partial charge >= 0.3 is 0 Å². The second-order valence-corrected chi connectivity index (χ2v) is 6.92. The lowest BCUT2D eigenvalue weighted by molar-refractivity contribution is -0.0540. The molecule has 4 heterocycles. The zero-order valence-corrected chi connectivity index (χ0v) is 14.1. The fraction of sp³-hybridized carbons (Fsp3) is 0.556. The average molecular weight is 328 g/mol. The van der Waals surface area contributed by atoms with Crippen molar-refractivity contribution in [2.24, 2.45) is 7.05 Å². The number of aromatic nitrogens is 3. The van der Waals surface area contributed by atoms with Gasteiger partial charge in [-0.25, -0.2) is 0 Å². The lowest BCUT2D eigenvalue weighted by Gasteiger charge is -2.39. The maximum absolute atomic E-state index is 6.23. The lowest BCUT2D eigenvalue weighted by atomic mass is 9.89. The van der Waals surface area contributed by atoms with E-state index in [1.807, 2.05) is 30.1 Å². The summed E-state index contributed by atoms with van der Waals surface area (Å²) in [5.74, 6) is 0.823. The third-order valence-corrected chi connectivity index (χ3v) is 4.89.